The van der Waals surface area contributed by atoms with Crippen LogP contribution in [0, 0.1) is 0 Å². The normalized spacial score (nSPS) is 10.8. The van der Waals surface area contributed by atoms with Crippen molar-refractivity contribution in [3.63, 3.8) is 0 Å². The third kappa shape index (κ3) is 2.41. The molecule has 96 valence electrons. The Morgan fingerprint density at radius 3 is 2.79 bits per heavy atom. The first-order valence-electron chi connectivity index (χ1n) is 5.42. The van der Waals surface area contributed by atoms with Gasteiger partial charge in [0.15, 0.2) is 11.6 Å². The first-order valence-corrected chi connectivity index (χ1v) is 7.40. The predicted octanol–water partition coefficient (Wildman–Crippen LogP) is 5.07. The van der Waals surface area contributed by atoms with E-state index in [2.05, 4.69) is 21.1 Å². The molecule has 3 rings (SSSR count). The maximum absolute atomic E-state index is 5.96. The molecule has 3 aromatic rings. The second-order valence-electron chi connectivity index (χ2n) is 3.89. The van der Waals surface area contributed by atoms with E-state index in [9.17, 15) is 0 Å². The Balaban J connectivity index is 2.19. The number of anilines is 1. The van der Waals surface area contributed by atoms with E-state index in [1.165, 1.54) is 11.3 Å². The molecule has 1 aromatic carbocycles. The summed E-state index contributed by atoms with van der Waals surface area (Å²) in [6, 6.07) is 11.6. The third-order valence-electron chi connectivity index (χ3n) is 2.63. The van der Waals surface area contributed by atoms with Gasteiger partial charge in [-0.05, 0) is 29.8 Å². The van der Waals surface area contributed by atoms with E-state index in [-0.39, 0.29) is 0 Å². The Kier molecular flexibility index (Phi) is 3.35. The number of aromatic nitrogens is 1. The van der Waals surface area contributed by atoms with Crippen molar-refractivity contribution in [2.45, 2.75) is 0 Å². The number of hydrogen-bond acceptors (Lipinski definition) is 4. The lowest BCUT2D eigenvalue weighted by molar-refractivity contribution is 0.437. The molecule has 0 aliphatic heterocycles. The molecule has 0 saturated heterocycles. The predicted molar refractivity (Wildman–Crippen MR) is 82.4 cm³/mol. The van der Waals surface area contributed by atoms with Crippen LogP contribution in [-0.4, -0.2) is 5.16 Å². The van der Waals surface area contributed by atoms with Gasteiger partial charge in [0, 0.05) is 4.47 Å². The van der Waals surface area contributed by atoms with Gasteiger partial charge in [-0.2, -0.15) is 0 Å². The lowest BCUT2D eigenvalue weighted by Crippen LogP contribution is -1.88. The maximum atomic E-state index is 5.96. The van der Waals surface area contributed by atoms with Gasteiger partial charge in [-0.1, -0.05) is 44.8 Å². The van der Waals surface area contributed by atoms with Crippen molar-refractivity contribution in [1.82, 2.24) is 5.16 Å². The summed E-state index contributed by atoms with van der Waals surface area (Å²) in [4.78, 5) is 0.907. The average molecular weight is 356 g/mol. The Bertz CT molecular complexity index is 738. The van der Waals surface area contributed by atoms with E-state index in [4.69, 9.17) is 21.9 Å². The fourth-order valence-corrected chi connectivity index (χ4v) is 3.26. The van der Waals surface area contributed by atoms with Crippen molar-refractivity contribution in [3.8, 4) is 21.8 Å². The standard InChI is InChI=1S/C13H8BrClN2OS/c14-8-3-1-2-7(6-8)11-12(18-17-13(11)16)9-4-5-10(15)19-9/h1-6H,(H2,16,17). The lowest BCUT2D eigenvalue weighted by Gasteiger charge is -2.01. The topological polar surface area (TPSA) is 52.0 Å². The van der Waals surface area contributed by atoms with Crippen LogP contribution in [0.3, 0.4) is 0 Å². The maximum Gasteiger partial charge on any atom is 0.186 e. The van der Waals surface area contributed by atoms with Crippen molar-refractivity contribution in [2.75, 3.05) is 5.73 Å². The van der Waals surface area contributed by atoms with Gasteiger partial charge < -0.3 is 10.3 Å². The molecule has 0 aliphatic carbocycles. The number of rotatable bonds is 2. The molecule has 0 spiro atoms. The van der Waals surface area contributed by atoms with Crippen molar-refractivity contribution >= 4 is 44.7 Å². The first kappa shape index (κ1) is 12.7. The third-order valence-corrected chi connectivity index (χ3v) is 4.35. The molecule has 6 heteroatoms. The second kappa shape index (κ2) is 5.00. The van der Waals surface area contributed by atoms with Gasteiger partial charge in [0.1, 0.15) is 0 Å². The van der Waals surface area contributed by atoms with Gasteiger partial charge in [-0.3, -0.25) is 0 Å². The smallest absolute Gasteiger partial charge is 0.186 e. The Labute approximate surface area is 127 Å². The summed E-state index contributed by atoms with van der Waals surface area (Å²) in [6.45, 7) is 0. The summed E-state index contributed by atoms with van der Waals surface area (Å²) in [5.41, 5.74) is 7.66. The zero-order chi connectivity index (χ0) is 13.4. The highest BCUT2D eigenvalue weighted by molar-refractivity contribution is 9.10. The van der Waals surface area contributed by atoms with E-state index >= 15 is 0 Å². The van der Waals surface area contributed by atoms with Crippen LogP contribution in [0.5, 0.6) is 0 Å². The summed E-state index contributed by atoms with van der Waals surface area (Å²) in [7, 11) is 0. The van der Waals surface area contributed by atoms with Crippen molar-refractivity contribution in [3.05, 3.63) is 45.2 Å². The summed E-state index contributed by atoms with van der Waals surface area (Å²) >= 11 is 10.8. The number of benzene rings is 1. The Hall–Kier alpha value is -1.30. The van der Waals surface area contributed by atoms with Crippen LogP contribution >= 0.6 is 38.9 Å². The van der Waals surface area contributed by atoms with E-state index < -0.39 is 0 Å². The Morgan fingerprint density at radius 1 is 1.26 bits per heavy atom. The van der Waals surface area contributed by atoms with E-state index in [0.717, 1.165) is 20.5 Å². The van der Waals surface area contributed by atoms with Crippen LogP contribution in [0.2, 0.25) is 4.34 Å². The van der Waals surface area contributed by atoms with Gasteiger partial charge in [-0.25, -0.2) is 0 Å². The molecule has 0 atom stereocenters. The summed E-state index contributed by atoms with van der Waals surface area (Å²) < 4.78 is 7.02. The number of halogens is 2. The van der Waals surface area contributed by atoms with Crippen LogP contribution in [0.15, 0.2) is 45.4 Å². The molecule has 0 amide bonds. The molecule has 2 aromatic heterocycles. The van der Waals surface area contributed by atoms with E-state index in [1.807, 2.05) is 36.4 Å². The van der Waals surface area contributed by atoms with Crippen LogP contribution < -0.4 is 5.73 Å². The largest absolute Gasteiger partial charge is 0.380 e. The molecule has 2 N–H and O–H groups in total. The zero-order valence-electron chi connectivity index (χ0n) is 9.56. The van der Waals surface area contributed by atoms with E-state index in [1.54, 1.807) is 0 Å². The molecule has 3 nitrogen and oxygen atoms in total. The number of nitrogens with two attached hydrogens (primary N) is 1. The molecule has 19 heavy (non-hydrogen) atoms. The van der Waals surface area contributed by atoms with Gasteiger partial charge in [0.2, 0.25) is 0 Å². The zero-order valence-corrected chi connectivity index (χ0v) is 12.7. The quantitative estimate of drug-likeness (QED) is 0.698. The van der Waals surface area contributed by atoms with Crippen LogP contribution in [-0.2, 0) is 0 Å². The van der Waals surface area contributed by atoms with Crippen molar-refractivity contribution in [1.29, 1.82) is 0 Å². The average Bonchev–Trinajstić information content (AvgIpc) is 2.95. The van der Waals surface area contributed by atoms with Gasteiger partial charge in [-0.15, -0.1) is 11.3 Å². The summed E-state index contributed by atoms with van der Waals surface area (Å²) in [5, 5.41) is 3.86. The fraction of sp³-hybridized carbons (Fsp3) is 0. The van der Waals surface area contributed by atoms with Gasteiger partial charge >= 0.3 is 0 Å². The summed E-state index contributed by atoms with van der Waals surface area (Å²) in [6.07, 6.45) is 0. The van der Waals surface area contributed by atoms with Crippen LogP contribution in [0.1, 0.15) is 0 Å². The first-order chi connectivity index (χ1) is 9.15. The molecular formula is C13H8BrClN2OS. The molecule has 0 aliphatic rings. The van der Waals surface area contributed by atoms with Crippen LogP contribution in [0.4, 0.5) is 5.82 Å². The number of thiophene rings is 1. The minimum absolute atomic E-state index is 0.373. The molecule has 0 radical (unpaired) electrons. The van der Waals surface area contributed by atoms with Crippen molar-refractivity contribution < 1.29 is 4.52 Å². The number of hydrogen-bond donors (Lipinski definition) is 1. The Morgan fingerprint density at radius 2 is 2.11 bits per heavy atom. The van der Waals surface area contributed by atoms with Gasteiger partial charge in [0.25, 0.3) is 0 Å². The van der Waals surface area contributed by atoms with Crippen molar-refractivity contribution in [2.24, 2.45) is 0 Å². The molecular weight excluding hydrogens is 348 g/mol. The molecule has 2 heterocycles. The van der Waals surface area contributed by atoms with E-state index in [0.29, 0.717) is 15.9 Å². The fourth-order valence-electron chi connectivity index (χ4n) is 1.83. The molecule has 0 saturated carbocycles. The molecule has 0 fully saturated rings. The number of nitrogens with zero attached hydrogens (tertiary/aromatic N) is 1. The highest BCUT2D eigenvalue weighted by Gasteiger charge is 2.19. The summed E-state index contributed by atoms with van der Waals surface area (Å²) in [5.74, 6) is 1.02. The van der Waals surface area contributed by atoms with Crippen LogP contribution in [0.25, 0.3) is 21.8 Å². The highest BCUT2D eigenvalue weighted by atomic mass is 79.9. The monoisotopic (exact) mass is 354 g/mol. The minimum atomic E-state index is 0.373. The highest BCUT2D eigenvalue weighted by Crippen LogP contribution is 2.40. The minimum Gasteiger partial charge on any atom is -0.380 e. The SMILES string of the molecule is Nc1noc(-c2ccc(Cl)s2)c1-c1cccc(Br)c1. The number of nitrogen functional groups attached to an aromatic ring is 1. The molecule has 0 unspecified atom stereocenters. The molecule has 0 bridgehead atoms. The lowest BCUT2D eigenvalue weighted by atomic mass is 10.1. The second-order valence-corrected chi connectivity index (χ2v) is 6.52. The van der Waals surface area contributed by atoms with Gasteiger partial charge in [0.05, 0.1) is 14.8 Å².